The summed E-state index contributed by atoms with van der Waals surface area (Å²) in [6.45, 7) is 7.36. The molecule has 7 nitrogen and oxygen atoms in total. The Bertz CT molecular complexity index is 977. The highest BCUT2D eigenvalue weighted by molar-refractivity contribution is 5.77. The molecule has 4 rings (SSSR count). The average Bonchev–Trinajstić information content (AvgIpc) is 3.35. The molecule has 28 heavy (non-hydrogen) atoms. The molecular weight excluding hydrogens is 354 g/mol. The van der Waals surface area contributed by atoms with Gasteiger partial charge in [-0.25, -0.2) is 4.98 Å². The summed E-state index contributed by atoms with van der Waals surface area (Å²) < 4.78 is 7.49. The summed E-state index contributed by atoms with van der Waals surface area (Å²) >= 11 is 0. The lowest BCUT2D eigenvalue weighted by Gasteiger charge is -2.27. The Morgan fingerprint density at radius 1 is 1.36 bits per heavy atom. The van der Waals surface area contributed by atoms with Gasteiger partial charge in [-0.05, 0) is 38.0 Å². The van der Waals surface area contributed by atoms with Crippen LogP contribution in [0.25, 0.3) is 0 Å². The summed E-state index contributed by atoms with van der Waals surface area (Å²) in [5, 5.41) is 7.61. The first-order valence-electron chi connectivity index (χ1n) is 9.59. The van der Waals surface area contributed by atoms with E-state index in [9.17, 15) is 4.79 Å². The van der Waals surface area contributed by atoms with Gasteiger partial charge < -0.3 is 19.3 Å². The van der Waals surface area contributed by atoms with Crippen LogP contribution in [-0.2, 0) is 17.8 Å². The molecule has 0 unspecified atom stereocenters. The molecule has 0 spiro atoms. The van der Waals surface area contributed by atoms with Crippen LogP contribution in [0, 0.1) is 13.8 Å². The van der Waals surface area contributed by atoms with Crippen molar-refractivity contribution in [3.63, 3.8) is 0 Å². The van der Waals surface area contributed by atoms with Crippen LogP contribution in [-0.4, -0.2) is 32.1 Å². The molecule has 1 atom stereocenters. The van der Waals surface area contributed by atoms with E-state index in [0.717, 1.165) is 17.0 Å². The van der Waals surface area contributed by atoms with E-state index < -0.39 is 0 Å². The maximum atomic E-state index is 12.8. The van der Waals surface area contributed by atoms with Gasteiger partial charge in [0, 0.05) is 43.5 Å². The van der Waals surface area contributed by atoms with Gasteiger partial charge in [-0.2, -0.15) is 0 Å². The molecule has 146 valence electrons. The highest BCUT2D eigenvalue weighted by atomic mass is 16.5. The van der Waals surface area contributed by atoms with Crippen molar-refractivity contribution in [2.45, 2.75) is 46.2 Å². The number of amides is 1. The minimum Gasteiger partial charge on any atom is -0.359 e. The molecule has 0 radical (unpaired) electrons. The number of carbonyl (C=O) groups excluding carboxylic acids is 1. The molecule has 0 aliphatic carbocycles. The van der Waals surface area contributed by atoms with Gasteiger partial charge in [0.05, 0.1) is 18.4 Å². The van der Waals surface area contributed by atoms with Gasteiger partial charge in [-0.3, -0.25) is 4.79 Å². The number of nitrogens with zero attached hydrogens (tertiary/aromatic N) is 4. The number of rotatable bonds is 5. The highest BCUT2D eigenvalue weighted by Gasteiger charge is 2.28. The molecule has 3 heterocycles. The lowest BCUT2D eigenvalue weighted by molar-refractivity contribution is -0.132. The topological polar surface area (TPSA) is 76.2 Å². The Labute approximate surface area is 164 Å². The largest absolute Gasteiger partial charge is 0.359 e. The molecule has 0 fully saturated rings. The third kappa shape index (κ3) is 3.52. The van der Waals surface area contributed by atoms with Crippen molar-refractivity contribution in [3.05, 3.63) is 59.4 Å². The highest BCUT2D eigenvalue weighted by Crippen LogP contribution is 2.30. The molecule has 0 saturated heterocycles. The quantitative estimate of drug-likeness (QED) is 0.730. The van der Waals surface area contributed by atoms with Crippen LogP contribution >= 0.6 is 0 Å². The number of hydrogen-bond acceptors (Lipinski definition) is 5. The van der Waals surface area contributed by atoms with E-state index in [0.29, 0.717) is 31.7 Å². The second-order valence-electron chi connectivity index (χ2n) is 7.43. The maximum Gasteiger partial charge on any atom is 0.224 e. The number of nitrogens with one attached hydrogen (secondary N) is 1. The number of carbonyl (C=O) groups is 1. The van der Waals surface area contributed by atoms with Gasteiger partial charge in [0.15, 0.2) is 5.82 Å². The zero-order chi connectivity index (χ0) is 19.7. The van der Waals surface area contributed by atoms with Gasteiger partial charge >= 0.3 is 0 Å². The Hall–Kier alpha value is -3.09. The van der Waals surface area contributed by atoms with Crippen LogP contribution < -0.4 is 5.32 Å². The van der Waals surface area contributed by atoms with Gasteiger partial charge in [-0.1, -0.05) is 17.3 Å². The van der Waals surface area contributed by atoms with E-state index in [1.54, 1.807) is 12.5 Å². The first-order valence-corrected chi connectivity index (χ1v) is 9.59. The van der Waals surface area contributed by atoms with E-state index in [1.807, 2.05) is 34.7 Å². The zero-order valence-corrected chi connectivity index (χ0v) is 16.5. The molecule has 2 aromatic heterocycles. The molecule has 1 aliphatic heterocycles. The summed E-state index contributed by atoms with van der Waals surface area (Å²) in [6, 6.07) is 6.21. The smallest absolute Gasteiger partial charge is 0.224 e. The van der Waals surface area contributed by atoms with Crippen molar-refractivity contribution in [1.29, 1.82) is 0 Å². The van der Waals surface area contributed by atoms with Crippen LogP contribution in [0.15, 0.2) is 41.4 Å². The molecule has 1 amide bonds. The summed E-state index contributed by atoms with van der Waals surface area (Å²) in [7, 11) is 0. The number of anilines is 2. The normalized spacial score (nSPS) is 14.6. The number of fused-ring (bicyclic) bond motifs is 1. The molecular formula is C21H25N5O2. The van der Waals surface area contributed by atoms with Crippen LogP contribution in [0.2, 0.25) is 0 Å². The van der Waals surface area contributed by atoms with Crippen molar-refractivity contribution in [2.24, 2.45) is 0 Å². The fourth-order valence-corrected chi connectivity index (χ4v) is 3.55. The van der Waals surface area contributed by atoms with Crippen molar-refractivity contribution in [2.75, 3.05) is 11.9 Å². The molecule has 1 N–H and O–H groups in total. The lowest BCUT2D eigenvalue weighted by Crippen LogP contribution is -2.36. The van der Waals surface area contributed by atoms with Crippen LogP contribution in [0.1, 0.15) is 41.8 Å². The molecule has 0 bridgehead atoms. The number of aryl methyl sites for hydroxylation is 1. The predicted octanol–water partition coefficient (Wildman–Crippen LogP) is 3.77. The third-order valence-electron chi connectivity index (χ3n) is 5.54. The van der Waals surface area contributed by atoms with E-state index in [-0.39, 0.29) is 11.9 Å². The van der Waals surface area contributed by atoms with Gasteiger partial charge in [-0.15, -0.1) is 0 Å². The SMILES string of the molecule is Cc1cccc(Nc2noc3c2CN(C(=O)C[C@@H](C)n2ccnc2)CC3)c1C. The zero-order valence-electron chi connectivity index (χ0n) is 16.5. The minimum atomic E-state index is 0.0754. The number of benzene rings is 1. The summed E-state index contributed by atoms with van der Waals surface area (Å²) in [4.78, 5) is 18.8. The van der Waals surface area contributed by atoms with E-state index in [4.69, 9.17) is 4.52 Å². The molecule has 1 aromatic carbocycles. The van der Waals surface area contributed by atoms with Crippen molar-refractivity contribution in [3.8, 4) is 0 Å². The van der Waals surface area contributed by atoms with E-state index in [1.165, 1.54) is 11.1 Å². The fraction of sp³-hybridized carbons (Fsp3) is 0.381. The molecule has 1 aliphatic rings. The second kappa shape index (κ2) is 7.50. The summed E-state index contributed by atoms with van der Waals surface area (Å²) in [5.41, 5.74) is 4.37. The van der Waals surface area contributed by atoms with Crippen molar-refractivity contribution >= 4 is 17.4 Å². The minimum absolute atomic E-state index is 0.0754. The molecule has 7 heteroatoms. The Morgan fingerprint density at radius 3 is 3.00 bits per heavy atom. The third-order valence-corrected chi connectivity index (χ3v) is 5.54. The van der Waals surface area contributed by atoms with Gasteiger partial charge in [0.25, 0.3) is 0 Å². The Balaban J connectivity index is 1.48. The molecule has 3 aromatic rings. The number of aromatic nitrogens is 3. The van der Waals surface area contributed by atoms with Crippen LogP contribution in [0.3, 0.4) is 0 Å². The standard InChI is InChI=1S/C21H25N5O2/c1-14-5-4-6-18(16(14)3)23-21-17-12-25(9-7-19(17)28-24-21)20(27)11-15(2)26-10-8-22-13-26/h4-6,8,10,13,15H,7,9,11-12H2,1-3H3,(H,23,24)/t15-/m1/s1. The second-order valence-corrected chi connectivity index (χ2v) is 7.43. The summed E-state index contributed by atoms with van der Waals surface area (Å²) in [6.07, 6.45) is 6.49. The number of imidazole rings is 1. The molecule has 0 saturated carbocycles. The Morgan fingerprint density at radius 2 is 2.21 bits per heavy atom. The maximum absolute atomic E-state index is 12.8. The van der Waals surface area contributed by atoms with Crippen LogP contribution in [0.5, 0.6) is 0 Å². The monoisotopic (exact) mass is 379 g/mol. The van der Waals surface area contributed by atoms with E-state index in [2.05, 4.69) is 35.4 Å². The first-order chi connectivity index (χ1) is 13.5. The van der Waals surface area contributed by atoms with Gasteiger partial charge in [0.1, 0.15) is 5.76 Å². The first kappa shape index (κ1) is 18.3. The summed E-state index contributed by atoms with van der Waals surface area (Å²) in [5.74, 6) is 1.69. The van der Waals surface area contributed by atoms with Crippen molar-refractivity contribution in [1.82, 2.24) is 19.6 Å². The number of hydrogen-bond donors (Lipinski definition) is 1. The van der Waals surface area contributed by atoms with Crippen LogP contribution in [0.4, 0.5) is 11.5 Å². The predicted molar refractivity (Wildman–Crippen MR) is 106 cm³/mol. The lowest BCUT2D eigenvalue weighted by atomic mass is 10.1. The van der Waals surface area contributed by atoms with Crippen molar-refractivity contribution < 1.29 is 9.32 Å². The Kier molecular flexibility index (Phi) is 4.90. The van der Waals surface area contributed by atoms with Gasteiger partial charge in [0.2, 0.25) is 5.91 Å². The fourth-order valence-electron chi connectivity index (χ4n) is 3.55. The van der Waals surface area contributed by atoms with E-state index >= 15 is 0 Å². The average molecular weight is 379 g/mol.